The zero-order valence-electron chi connectivity index (χ0n) is 26.8. The molecule has 7 nitrogen and oxygen atoms in total. The van der Waals surface area contributed by atoms with Crippen molar-refractivity contribution in [1.82, 2.24) is 0 Å². The van der Waals surface area contributed by atoms with Gasteiger partial charge in [0.2, 0.25) is 10.0 Å². The first-order valence-corrected chi connectivity index (χ1v) is 17.5. The first kappa shape index (κ1) is 35.0. The summed E-state index contributed by atoms with van der Waals surface area (Å²) in [6, 6.07) is 11.1. The summed E-state index contributed by atoms with van der Waals surface area (Å²) < 4.78 is 117. The number of carbonyl (C=O) groups is 1. The van der Waals surface area contributed by atoms with Crippen LogP contribution in [0, 0.1) is 16.7 Å². The van der Waals surface area contributed by atoms with Crippen LogP contribution in [-0.4, -0.2) is 25.1 Å². The summed E-state index contributed by atoms with van der Waals surface area (Å²) in [6.07, 6.45) is -8.44. The summed E-state index contributed by atoms with van der Waals surface area (Å²) in [4.78, 5) is 13.1. The van der Waals surface area contributed by atoms with Gasteiger partial charge in [-0.1, -0.05) is 52.0 Å². The van der Waals surface area contributed by atoms with Crippen LogP contribution in [-0.2, 0) is 32.6 Å². The Balaban J connectivity index is 1.29. The molecule has 2 aliphatic carbocycles. The van der Waals surface area contributed by atoms with E-state index in [0.29, 0.717) is 36.1 Å². The number of para-hydroxylation sites is 2. The van der Waals surface area contributed by atoms with E-state index >= 15 is 0 Å². The number of halogens is 6. The van der Waals surface area contributed by atoms with E-state index in [-0.39, 0.29) is 51.5 Å². The molecule has 262 valence electrons. The molecule has 0 aromatic heterocycles. The summed E-state index contributed by atoms with van der Waals surface area (Å²) in [6.45, 7) is 7.69. The topological polar surface area (TPSA) is 96.5 Å². The van der Waals surface area contributed by atoms with Gasteiger partial charge in [0.15, 0.2) is 16.6 Å². The molecule has 2 fully saturated rings. The van der Waals surface area contributed by atoms with Crippen molar-refractivity contribution in [3.63, 3.8) is 0 Å². The van der Waals surface area contributed by atoms with E-state index in [1.807, 2.05) is 27.7 Å². The number of hydrogen-bond acceptors (Lipinski definition) is 5. The van der Waals surface area contributed by atoms with E-state index in [2.05, 4.69) is 15.4 Å². The normalized spacial score (nSPS) is 22.2. The van der Waals surface area contributed by atoms with Crippen molar-refractivity contribution < 1.29 is 44.3 Å². The molecular formula is C34H33F6N3O4S2. The number of sulfonamides is 1. The molecule has 0 amide bonds. The molecule has 0 radical (unpaired) electrons. The number of alkyl halides is 6. The van der Waals surface area contributed by atoms with E-state index in [1.165, 1.54) is 0 Å². The molecule has 0 spiro atoms. The molecule has 3 aromatic carbocycles. The molecule has 49 heavy (non-hydrogen) atoms. The van der Waals surface area contributed by atoms with Crippen molar-refractivity contribution in [2.24, 2.45) is 16.7 Å². The second-order valence-corrected chi connectivity index (χ2v) is 16.1. The highest BCUT2D eigenvalue weighted by Gasteiger charge is 2.65. The fourth-order valence-electron chi connectivity index (χ4n) is 7.65. The summed E-state index contributed by atoms with van der Waals surface area (Å²) in [7, 11) is -4.06. The Kier molecular flexibility index (Phi) is 8.10. The van der Waals surface area contributed by atoms with Gasteiger partial charge < -0.3 is 15.4 Å². The van der Waals surface area contributed by atoms with Crippen LogP contribution in [0.1, 0.15) is 69.2 Å². The fourth-order valence-corrected chi connectivity index (χ4v) is 9.77. The lowest BCUT2D eigenvalue weighted by molar-refractivity contribution is -0.143. The molecule has 1 heterocycles. The zero-order valence-corrected chi connectivity index (χ0v) is 28.5. The molecule has 0 saturated heterocycles. The number of Topliss-reactive ketones (excluding diaryl/α,β-unsaturated/α-hetero) is 1. The third-order valence-electron chi connectivity index (χ3n) is 10.5. The van der Waals surface area contributed by atoms with Gasteiger partial charge in [0.05, 0.1) is 33.7 Å². The molecule has 1 aliphatic heterocycles. The summed E-state index contributed by atoms with van der Waals surface area (Å²) in [5.74, 6) is 0.139. The van der Waals surface area contributed by atoms with Crippen LogP contribution in [0.3, 0.4) is 0 Å². The molecule has 15 heteroatoms. The standard InChI is InChI=1S/C34H33F6N3O4S2/c1-30(2)22-7-5-9-24(42-29(48)41-21-14-19(33(35,36)37)13-20(15-21)34(38,39)40)27(22)47-28-23(30)8-6-10-25(28)43-49(45,46)17-32-12-11-18(16-26(32)44)31(32,3)4/h5-10,13-15,18,43H,11-12,16-17H2,1-4H3,(H2,41,42,48)/t18-,32-/m1/s1. The van der Waals surface area contributed by atoms with Crippen molar-refractivity contribution >= 4 is 50.2 Å². The molecule has 0 unspecified atom stereocenters. The summed E-state index contributed by atoms with van der Waals surface area (Å²) >= 11 is 5.29. The minimum absolute atomic E-state index is 0.0189. The molecule has 3 N–H and O–H groups in total. The fraction of sp³-hybridized carbons (Fsp3) is 0.412. The van der Waals surface area contributed by atoms with Crippen molar-refractivity contribution in [2.45, 2.75) is 64.7 Å². The molecule has 2 saturated carbocycles. The number of nitrogens with one attached hydrogen (secondary N) is 3. The minimum Gasteiger partial charge on any atom is -0.452 e. The third-order valence-corrected chi connectivity index (χ3v) is 12.1. The number of ketones is 1. The van der Waals surface area contributed by atoms with E-state index < -0.39 is 55.4 Å². The number of ether oxygens (including phenoxy) is 1. The van der Waals surface area contributed by atoms with Crippen molar-refractivity contribution in [3.8, 4) is 11.5 Å². The molecule has 3 aromatic rings. The second kappa shape index (κ2) is 11.3. The van der Waals surface area contributed by atoms with Gasteiger partial charge in [-0.3, -0.25) is 9.52 Å². The van der Waals surface area contributed by atoms with Gasteiger partial charge in [-0.25, -0.2) is 8.42 Å². The van der Waals surface area contributed by atoms with Gasteiger partial charge in [-0.05, 0) is 66.7 Å². The lowest BCUT2D eigenvalue weighted by atomic mass is 9.70. The molecule has 6 rings (SSSR count). The number of thiocarbonyl (C=S) groups is 1. The number of hydrogen-bond donors (Lipinski definition) is 3. The zero-order chi connectivity index (χ0) is 35.9. The predicted molar refractivity (Wildman–Crippen MR) is 177 cm³/mol. The van der Waals surface area contributed by atoms with E-state index in [0.717, 1.165) is 6.42 Å². The smallest absolute Gasteiger partial charge is 0.416 e. The Labute approximate surface area is 284 Å². The molecule has 2 atom stereocenters. The maximum atomic E-state index is 13.7. The number of rotatable bonds is 6. The highest BCUT2D eigenvalue weighted by atomic mass is 32.2. The van der Waals surface area contributed by atoms with Gasteiger partial charge in [0.25, 0.3) is 0 Å². The molecule has 2 bridgehead atoms. The van der Waals surface area contributed by atoms with Crippen LogP contribution in [0.4, 0.5) is 43.4 Å². The van der Waals surface area contributed by atoms with Gasteiger partial charge in [-0.2, -0.15) is 26.3 Å². The second-order valence-electron chi connectivity index (χ2n) is 14.0. The maximum absolute atomic E-state index is 13.7. The molecule has 3 aliphatic rings. The molecular weight excluding hydrogens is 693 g/mol. The maximum Gasteiger partial charge on any atom is 0.416 e. The van der Waals surface area contributed by atoms with Crippen LogP contribution in [0.25, 0.3) is 0 Å². The van der Waals surface area contributed by atoms with Crippen LogP contribution in [0.5, 0.6) is 11.5 Å². The minimum atomic E-state index is -5.04. The first-order chi connectivity index (χ1) is 22.5. The van der Waals surface area contributed by atoms with E-state index in [1.54, 1.807) is 36.4 Å². The van der Waals surface area contributed by atoms with Crippen LogP contribution in [0.15, 0.2) is 54.6 Å². The number of benzene rings is 3. The quantitative estimate of drug-likeness (QED) is 0.172. The number of carbonyl (C=O) groups excluding carboxylic acids is 1. The number of anilines is 3. The third kappa shape index (κ3) is 6.02. The Morgan fingerprint density at radius 2 is 1.43 bits per heavy atom. The Morgan fingerprint density at radius 1 is 0.878 bits per heavy atom. The summed E-state index contributed by atoms with van der Waals surface area (Å²) in [5.41, 5.74) is -4.10. The van der Waals surface area contributed by atoms with Gasteiger partial charge in [0.1, 0.15) is 5.78 Å². The Morgan fingerprint density at radius 3 is 1.94 bits per heavy atom. The SMILES string of the molecule is CC1(C)c2cccc(NC(=S)Nc3cc(C(F)(F)F)cc(C(F)(F)F)c3)c2Oc2c(NS(=O)(=O)C[C@]34CC[C@H](CC3=O)C4(C)C)cccc21. The number of fused-ring (bicyclic) bond motifs is 4. The Hall–Kier alpha value is -3.85. The summed E-state index contributed by atoms with van der Waals surface area (Å²) in [5, 5.41) is 4.89. The largest absolute Gasteiger partial charge is 0.452 e. The van der Waals surface area contributed by atoms with Gasteiger partial charge >= 0.3 is 12.4 Å². The van der Waals surface area contributed by atoms with E-state index in [4.69, 9.17) is 17.0 Å². The van der Waals surface area contributed by atoms with E-state index in [9.17, 15) is 39.6 Å². The highest BCUT2D eigenvalue weighted by molar-refractivity contribution is 7.92. The Bertz CT molecular complexity index is 1960. The average Bonchev–Trinajstić information content (AvgIpc) is 3.31. The van der Waals surface area contributed by atoms with Gasteiger partial charge in [0, 0.05) is 28.7 Å². The van der Waals surface area contributed by atoms with Gasteiger partial charge in [-0.15, -0.1) is 0 Å². The van der Waals surface area contributed by atoms with Crippen LogP contribution in [0.2, 0.25) is 0 Å². The first-order valence-electron chi connectivity index (χ1n) is 15.4. The van der Waals surface area contributed by atoms with Crippen LogP contribution >= 0.6 is 12.2 Å². The predicted octanol–water partition coefficient (Wildman–Crippen LogP) is 9.10. The van der Waals surface area contributed by atoms with Crippen molar-refractivity contribution in [2.75, 3.05) is 21.1 Å². The van der Waals surface area contributed by atoms with Crippen LogP contribution < -0.4 is 20.1 Å². The lowest BCUT2D eigenvalue weighted by Gasteiger charge is -2.37. The lowest BCUT2D eigenvalue weighted by Crippen LogP contribution is -2.43. The monoisotopic (exact) mass is 725 g/mol. The average molecular weight is 726 g/mol. The van der Waals surface area contributed by atoms with Crippen molar-refractivity contribution in [1.29, 1.82) is 0 Å². The van der Waals surface area contributed by atoms with Crippen molar-refractivity contribution in [3.05, 3.63) is 76.9 Å². The highest BCUT2D eigenvalue weighted by Crippen LogP contribution is 2.64.